The highest BCUT2D eigenvalue weighted by Crippen LogP contribution is 2.27. The van der Waals surface area contributed by atoms with Gasteiger partial charge in [0, 0.05) is 10.7 Å². The Balaban J connectivity index is 1.68. The number of anilines is 1. The lowest BCUT2D eigenvalue weighted by Gasteiger charge is -2.22. The van der Waals surface area contributed by atoms with Gasteiger partial charge in [0.1, 0.15) is 5.82 Å². The lowest BCUT2D eigenvalue weighted by atomic mass is 9.90. The molecule has 132 valence electrons. The summed E-state index contributed by atoms with van der Waals surface area (Å²) in [6.45, 7) is 0.634. The molecular weight excluding hydrogens is 387 g/mol. The number of carbonyl (C=O) groups excluding carboxylic acids is 1. The Bertz CT molecular complexity index is 748. The van der Waals surface area contributed by atoms with E-state index in [1.54, 1.807) is 18.3 Å². The molecule has 1 heterocycles. The quantitative estimate of drug-likeness (QED) is 0.742. The summed E-state index contributed by atoms with van der Waals surface area (Å²) in [6, 6.07) is 7.51. The number of benzene rings is 1. The number of halogens is 2. The highest BCUT2D eigenvalue weighted by Gasteiger charge is 2.17. The van der Waals surface area contributed by atoms with E-state index in [4.69, 9.17) is 4.74 Å². The van der Waals surface area contributed by atoms with Crippen molar-refractivity contribution >= 4 is 27.7 Å². The molecule has 1 amide bonds. The Hall–Kier alpha value is -1.95. The predicted octanol–water partition coefficient (Wildman–Crippen LogP) is 5.19. The molecule has 1 aromatic heterocycles. The number of amides is 1. The van der Waals surface area contributed by atoms with Crippen molar-refractivity contribution in [1.29, 1.82) is 0 Å². The second kappa shape index (κ2) is 8.43. The van der Waals surface area contributed by atoms with Gasteiger partial charge in [0.15, 0.2) is 11.6 Å². The molecule has 1 fully saturated rings. The van der Waals surface area contributed by atoms with E-state index in [-0.39, 0.29) is 5.91 Å². The molecular formula is C19H20BrFN2O2. The standard InChI is InChI=1S/C19H20BrFN2O2/c20-16-11-14(21)8-9-15(16)19(24)23-18-17(7-4-10-22-18)25-12-13-5-2-1-3-6-13/h4,7-11,13H,1-3,5-6,12H2,(H,22,23,24). The first kappa shape index (κ1) is 17.9. The Morgan fingerprint density at radius 2 is 2.08 bits per heavy atom. The van der Waals surface area contributed by atoms with E-state index >= 15 is 0 Å². The molecule has 0 radical (unpaired) electrons. The molecule has 3 rings (SSSR count). The van der Waals surface area contributed by atoms with Crippen molar-refractivity contribution in [2.24, 2.45) is 5.92 Å². The molecule has 0 atom stereocenters. The Morgan fingerprint density at radius 3 is 2.84 bits per heavy atom. The highest BCUT2D eigenvalue weighted by atomic mass is 79.9. The van der Waals surface area contributed by atoms with E-state index < -0.39 is 5.82 Å². The van der Waals surface area contributed by atoms with Crippen LogP contribution in [-0.4, -0.2) is 17.5 Å². The first-order valence-corrected chi connectivity index (χ1v) is 9.27. The van der Waals surface area contributed by atoms with Crippen LogP contribution in [0.25, 0.3) is 0 Å². The Kier molecular flexibility index (Phi) is 6.02. The number of hydrogen-bond donors (Lipinski definition) is 1. The van der Waals surface area contributed by atoms with E-state index in [0.29, 0.717) is 34.1 Å². The second-order valence-electron chi connectivity index (χ2n) is 6.24. The molecule has 0 unspecified atom stereocenters. The molecule has 0 spiro atoms. The summed E-state index contributed by atoms with van der Waals surface area (Å²) in [5, 5.41) is 2.75. The first-order chi connectivity index (χ1) is 12.1. The van der Waals surface area contributed by atoms with Gasteiger partial charge in [-0.1, -0.05) is 19.3 Å². The molecule has 6 heteroatoms. The summed E-state index contributed by atoms with van der Waals surface area (Å²) in [5.74, 6) is 0.716. The van der Waals surface area contributed by atoms with Gasteiger partial charge in [0.2, 0.25) is 0 Å². The summed E-state index contributed by atoms with van der Waals surface area (Å²) < 4.78 is 19.5. The van der Waals surface area contributed by atoms with Crippen molar-refractivity contribution in [3.05, 3.63) is 52.4 Å². The maximum absolute atomic E-state index is 13.2. The summed E-state index contributed by atoms with van der Waals surface area (Å²) in [6.07, 6.45) is 7.78. The lowest BCUT2D eigenvalue weighted by Crippen LogP contribution is -2.18. The zero-order valence-corrected chi connectivity index (χ0v) is 15.4. The molecule has 25 heavy (non-hydrogen) atoms. The summed E-state index contributed by atoms with van der Waals surface area (Å²) in [5.41, 5.74) is 0.338. The van der Waals surface area contributed by atoms with Crippen molar-refractivity contribution in [3.63, 3.8) is 0 Å². The topological polar surface area (TPSA) is 51.2 Å². The van der Waals surface area contributed by atoms with Crippen LogP contribution in [0.5, 0.6) is 5.75 Å². The van der Waals surface area contributed by atoms with E-state index in [9.17, 15) is 9.18 Å². The van der Waals surface area contributed by atoms with Gasteiger partial charge in [-0.2, -0.15) is 0 Å². The van der Waals surface area contributed by atoms with Crippen LogP contribution in [0, 0.1) is 11.7 Å². The van der Waals surface area contributed by atoms with E-state index in [1.807, 2.05) is 0 Å². The van der Waals surface area contributed by atoms with Crippen LogP contribution in [0.15, 0.2) is 41.0 Å². The normalized spacial score (nSPS) is 15.0. The average molecular weight is 407 g/mol. The zero-order valence-electron chi connectivity index (χ0n) is 13.8. The van der Waals surface area contributed by atoms with E-state index in [0.717, 1.165) is 0 Å². The third-order valence-corrected chi connectivity index (χ3v) is 5.03. The van der Waals surface area contributed by atoms with E-state index in [1.165, 1.54) is 50.3 Å². The number of rotatable bonds is 5. The van der Waals surface area contributed by atoms with Gasteiger partial charge in [-0.3, -0.25) is 4.79 Å². The number of carbonyl (C=O) groups is 1. The number of nitrogens with one attached hydrogen (secondary N) is 1. The molecule has 1 aliphatic rings. The molecule has 1 saturated carbocycles. The highest BCUT2D eigenvalue weighted by molar-refractivity contribution is 9.10. The van der Waals surface area contributed by atoms with Gasteiger partial charge in [0.25, 0.3) is 5.91 Å². The Morgan fingerprint density at radius 1 is 1.28 bits per heavy atom. The third-order valence-electron chi connectivity index (χ3n) is 4.38. The average Bonchev–Trinajstić information content (AvgIpc) is 2.61. The molecule has 1 aromatic carbocycles. The number of hydrogen-bond acceptors (Lipinski definition) is 3. The van der Waals surface area contributed by atoms with Crippen LogP contribution in [-0.2, 0) is 0 Å². The number of nitrogens with zero attached hydrogens (tertiary/aromatic N) is 1. The molecule has 1 aliphatic carbocycles. The third kappa shape index (κ3) is 4.78. The number of ether oxygens (including phenoxy) is 1. The zero-order chi connectivity index (χ0) is 17.6. The van der Waals surface area contributed by atoms with Crippen LogP contribution in [0.1, 0.15) is 42.5 Å². The monoisotopic (exact) mass is 406 g/mol. The van der Waals surface area contributed by atoms with Crippen LogP contribution in [0.3, 0.4) is 0 Å². The van der Waals surface area contributed by atoms with Gasteiger partial charge < -0.3 is 10.1 Å². The van der Waals surface area contributed by atoms with Gasteiger partial charge in [-0.05, 0) is 65.0 Å². The van der Waals surface area contributed by atoms with Crippen LogP contribution < -0.4 is 10.1 Å². The number of aromatic nitrogens is 1. The van der Waals surface area contributed by atoms with Gasteiger partial charge >= 0.3 is 0 Å². The molecule has 0 aliphatic heterocycles. The van der Waals surface area contributed by atoms with Crippen LogP contribution in [0.2, 0.25) is 0 Å². The van der Waals surface area contributed by atoms with Gasteiger partial charge in [-0.15, -0.1) is 0 Å². The SMILES string of the molecule is O=C(Nc1ncccc1OCC1CCCCC1)c1ccc(F)cc1Br. The molecule has 1 N–H and O–H groups in total. The number of pyridine rings is 1. The largest absolute Gasteiger partial charge is 0.489 e. The molecule has 0 bridgehead atoms. The predicted molar refractivity (Wildman–Crippen MR) is 98.4 cm³/mol. The second-order valence-corrected chi connectivity index (χ2v) is 7.10. The van der Waals surface area contributed by atoms with Crippen molar-refractivity contribution in [2.45, 2.75) is 32.1 Å². The first-order valence-electron chi connectivity index (χ1n) is 8.47. The minimum Gasteiger partial charge on any atom is -0.489 e. The van der Waals surface area contributed by atoms with Crippen LogP contribution >= 0.6 is 15.9 Å². The van der Waals surface area contributed by atoms with Crippen molar-refractivity contribution in [3.8, 4) is 5.75 Å². The van der Waals surface area contributed by atoms with Gasteiger partial charge in [0.05, 0.1) is 12.2 Å². The van der Waals surface area contributed by atoms with Crippen molar-refractivity contribution in [2.75, 3.05) is 11.9 Å². The van der Waals surface area contributed by atoms with Crippen molar-refractivity contribution < 1.29 is 13.9 Å². The van der Waals surface area contributed by atoms with Gasteiger partial charge in [-0.25, -0.2) is 9.37 Å². The maximum Gasteiger partial charge on any atom is 0.258 e. The fourth-order valence-electron chi connectivity index (χ4n) is 3.01. The smallest absolute Gasteiger partial charge is 0.258 e. The Labute approximate surface area is 154 Å². The minimum absolute atomic E-state index is 0.338. The molecule has 2 aromatic rings. The van der Waals surface area contributed by atoms with Crippen LogP contribution in [0.4, 0.5) is 10.2 Å². The minimum atomic E-state index is -0.405. The van der Waals surface area contributed by atoms with Crippen molar-refractivity contribution in [1.82, 2.24) is 4.98 Å². The maximum atomic E-state index is 13.2. The molecule has 4 nitrogen and oxygen atoms in total. The fraction of sp³-hybridized carbons (Fsp3) is 0.368. The summed E-state index contributed by atoms with van der Waals surface area (Å²) in [4.78, 5) is 16.7. The summed E-state index contributed by atoms with van der Waals surface area (Å²) >= 11 is 3.21. The van der Waals surface area contributed by atoms with E-state index in [2.05, 4.69) is 26.2 Å². The lowest BCUT2D eigenvalue weighted by molar-refractivity contribution is 0.102. The molecule has 0 saturated heterocycles. The fourth-order valence-corrected chi connectivity index (χ4v) is 3.54. The summed E-state index contributed by atoms with van der Waals surface area (Å²) in [7, 11) is 0.